The largest absolute Gasteiger partial charge is 0.378 e. The lowest BCUT2D eigenvalue weighted by Crippen LogP contribution is -2.54. The molecule has 1 N–H and O–H groups in total. The Bertz CT molecular complexity index is 344. The first kappa shape index (κ1) is 18.0. The Morgan fingerprint density at radius 1 is 1.05 bits per heavy atom. The summed E-state index contributed by atoms with van der Waals surface area (Å²) in [6.07, 6.45) is 6.01. The summed E-state index contributed by atoms with van der Waals surface area (Å²) >= 11 is 0. The Labute approximate surface area is 140 Å². The molecule has 1 amide bonds. The average molecular weight is 332 g/mol. The zero-order valence-corrected chi connectivity index (χ0v) is 14.3. The maximum Gasteiger partial charge on any atom is 0.240 e. The second-order valence-electron chi connectivity index (χ2n) is 6.64. The molecule has 22 heavy (non-hydrogen) atoms. The van der Waals surface area contributed by atoms with Gasteiger partial charge >= 0.3 is 0 Å². The third-order valence-electron chi connectivity index (χ3n) is 5.17. The number of ether oxygens (including phenoxy) is 1. The molecule has 0 saturated carbocycles. The highest BCUT2D eigenvalue weighted by Crippen LogP contribution is 2.23. The van der Waals surface area contributed by atoms with E-state index in [1.165, 1.54) is 25.7 Å². The maximum absolute atomic E-state index is 12.8. The number of hydrogen-bond acceptors (Lipinski definition) is 4. The van der Waals surface area contributed by atoms with Crippen molar-refractivity contribution in [2.75, 3.05) is 52.5 Å². The third-order valence-corrected chi connectivity index (χ3v) is 5.17. The van der Waals surface area contributed by atoms with Crippen molar-refractivity contribution < 1.29 is 9.53 Å². The van der Waals surface area contributed by atoms with Gasteiger partial charge in [-0.2, -0.15) is 0 Å². The van der Waals surface area contributed by atoms with Crippen molar-refractivity contribution in [3.63, 3.8) is 0 Å². The minimum Gasteiger partial charge on any atom is -0.378 e. The molecule has 3 aliphatic rings. The van der Waals surface area contributed by atoms with E-state index in [0.29, 0.717) is 19.1 Å². The number of likely N-dealkylation sites (tertiary alicyclic amines) is 1. The molecular formula is C16H30ClN3O2. The molecule has 3 heterocycles. The summed E-state index contributed by atoms with van der Waals surface area (Å²) in [7, 11) is 0. The summed E-state index contributed by atoms with van der Waals surface area (Å²) in [5, 5.41) is 3.43. The van der Waals surface area contributed by atoms with Crippen LogP contribution in [0.4, 0.5) is 0 Å². The number of morpholine rings is 1. The van der Waals surface area contributed by atoms with E-state index in [-0.39, 0.29) is 18.4 Å². The predicted octanol–water partition coefficient (Wildman–Crippen LogP) is 1.12. The topological polar surface area (TPSA) is 44.8 Å². The van der Waals surface area contributed by atoms with Crippen LogP contribution >= 0.6 is 12.4 Å². The fourth-order valence-electron chi connectivity index (χ4n) is 3.88. The molecular weight excluding hydrogens is 302 g/mol. The van der Waals surface area contributed by atoms with Gasteiger partial charge in [-0.3, -0.25) is 9.69 Å². The van der Waals surface area contributed by atoms with Gasteiger partial charge in [0.25, 0.3) is 0 Å². The standard InChI is InChI=1S/C16H29N3O2.ClH/c20-16(18-9-11-21-12-10-18)15-3-1-2-8-19(15)13-14-4-6-17-7-5-14;/h14-15,17H,1-13H2;1H. The van der Waals surface area contributed by atoms with E-state index in [4.69, 9.17) is 4.74 Å². The molecule has 128 valence electrons. The first-order valence-electron chi connectivity index (χ1n) is 8.66. The molecule has 3 fully saturated rings. The molecule has 0 aromatic heterocycles. The van der Waals surface area contributed by atoms with Crippen LogP contribution in [0.15, 0.2) is 0 Å². The number of nitrogens with zero attached hydrogens (tertiary/aromatic N) is 2. The van der Waals surface area contributed by atoms with Crippen LogP contribution < -0.4 is 5.32 Å². The Morgan fingerprint density at radius 2 is 1.77 bits per heavy atom. The highest BCUT2D eigenvalue weighted by molar-refractivity contribution is 5.85. The summed E-state index contributed by atoms with van der Waals surface area (Å²) in [4.78, 5) is 17.3. The molecule has 3 rings (SSSR count). The fraction of sp³-hybridized carbons (Fsp3) is 0.938. The van der Waals surface area contributed by atoms with Gasteiger partial charge in [-0.15, -0.1) is 12.4 Å². The number of piperidine rings is 2. The van der Waals surface area contributed by atoms with E-state index in [1.54, 1.807) is 0 Å². The minimum absolute atomic E-state index is 0. The Hall–Kier alpha value is -0.360. The minimum atomic E-state index is 0. The molecule has 6 heteroatoms. The van der Waals surface area contributed by atoms with E-state index in [0.717, 1.165) is 51.6 Å². The van der Waals surface area contributed by atoms with E-state index in [1.807, 2.05) is 4.90 Å². The van der Waals surface area contributed by atoms with Gasteiger partial charge in [0.2, 0.25) is 5.91 Å². The molecule has 3 aliphatic heterocycles. The van der Waals surface area contributed by atoms with Crippen LogP contribution in [0.3, 0.4) is 0 Å². The molecule has 0 aromatic rings. The van der Waals surface area contributed by atoms with E-state index >= 15 is 0 Å². The van der Waals surface area contributed by atoms with Gasteiger partial charge in [-0.1, -0.05) is 6.42 Å². The number of carbonyl (C=O) groups excluding carboxylic acids is 1. The molecule has 5 nitrogen and oxygen atoms in total. The van der Waals surface area contributed by atoms with Crippen molar-refractivity contribution in [3.05, 3.63) is 0 Å². The highest BCUT2D eigenvalue weighted by Gasteiger charge is 2.33. The lowest BCUT2D eigenvalue weighted by atomic mass is 9.94. The monoisotopic (exact) mass is 331 g/mol. The molecule has 0 aliphatic carbocycles. The molecule has 0 aromatic carbocycles. The predicted molar refractivity (Wildman–Crippen MR) is 89.5 cm³/mol. The van der Waals surface area contributed by atoms with Crippen LogP contribution in [0, 0.1) is 5.92 Å². The highest BCUT2D eigenvalue weighted by atomic mass is 35.5. The summed E-state index contributed by atoms with van der Waals surface area (Å²) in [6, 6.07) is 0.131. The van der Waals surface area contributed by atoms with Crippen molar-refractivity contribution in [1.82, 2.24) is 15.1 Å². The Kier molecular flexibility index (Phi) is 7.41. The molecule has 1 unspecified atom stereocenters. The SMILES string of the molecule is Cl.O=C(C1CCCCN1CC1CCNCC1)N1CCOCC1. The summed E-state index contributed by atoms with van der Waals surface area (Å²) in [5.41, 5.74) is 0. The maximum atomic E-state index is 12.8. The van der Waals surface area contributed by atoms with Crippen molar-refractivity contribution in [2.45, 2.75) is 38.1 Å². The van der Waals surface area contributed by atoms with Crippen LogP contribution in [0.2, 0.25) is 0 Å². The van der Waals surface area contributed by atoms with Crippen molar-refractivity contribution in [1.29, 1.82) is 0 Å². The van der Waals surface area contributed by atoms with Gasteiger partial charge < -0.3 is 15.0 Å². The van der Waals surface area contributed by atoms with Crippen LogP contribution in [-0.2, 0) is 9.53 Å². The number of hydrogen-bond donors (Lipinski definition) is 1. The number of halogens is 1. The zero-order chi connectivity index (χ0) is 14.5. The number of nitrogens with one attached hydrogen (secondary N) is 1. The van der Waals surface area contributed by atoms with Crippen LogP contribution in [-0.4, -0.2) is 74.2 Å². The molecule has 3 saturated heterocycles. The number of rotatable bonds is 3. The summed E-state index contributed by atoms with van der Waals surface area (Å²) in [5.74, 6) is 1.12. The average Bonchev–Trinajstić information content (AvgIpc) is 2.56. The lowest BCUT2D eigenvalue weighted by molar-refractivity contribution is -0.142. The first-order chi connectivity index (χ1) is 10.3. The Balaban J connectivity index is 0.00000176. The summed E-state index contributed by atoms with van der Waals surface area (Å²) < 4.78 is 5.37. The lowest BCUT2D eigenvalue weighted by Gasteiger charge is -2.40. The van der Waals surface area contributed by atoms with Gasteiger partial charge in [0, 0.05) is 19.6 Å². The van der Waals surface area contributed by atoms with Gasteiger partial charge in [-0.05, 0) is 51.2 Å². The molecule has 0 bridgehead atoms. The van der Waals surface area contributed by atoms with E-state index < -0.39 is 0 Å². The number of carbonyl (C=O) groups is 1. The molecule has 0 radical (unpaired) electrons. The third kappa shape index (κ3) is 4.57. The summed E-state index contributed by atoms with van der Waals surface area (Å²) in [6.45, 7) is 7.45. The van der Waals surface area contributed by atoms with Gasteiger partial charge in [0.15, 0.2) is 0 Å². The van der Waals surface area contributed by atoms with E-state index in [2.05, 4.69) is 10.2 Å². The normalized spacial score (nSPS) is 28.2. The van der Waals surface area contributed by atoms with Crippen molar-refractivity contribution in [3.8, 4) is 0 Å². The first-order valence-corrected chi connectivity index (χ1v) is 8.66. The van der Waals surface area contributed by atoms with Crippen LogP contribution in [0.5, 0.6) is 0 Å². The van der Waals surface area contributed by atoms with Crippen molar-refractivity contribution >= 4 is 18.3 Å². The Morgan fingerprint density at radius 3 is 2.50 bits per heavy atom. The van der Waals surface area contributed by atoms with Crippen LogP contribution in [0.25, 0.3) is 0 Å². The van der Waals surface area contributed by atoms with E-state index in [9.17, 15) is 4.79 Å². The zero-order valence-electron chi connectivity index (χ0n) is 13.5. The molecule has 0 spiro atoms. The number of amides is 1. The second-order valence-corrected chi connectivity index (χ2v) is 6.64. The van der Waals surface area contributed by atoms with Crippen LogP contribution in [0.1, 0.15) is 32.1 Å². The van der Waals surface area contributed by atoms with Gasteiger partial charge in [-0.25, -0.2) is 0 Å². The smallest absolute Gasteiger partial charge is 0.240 e. The second kappa shape index (κ2) is 9.06. The van der Waals surface area contributed by atoms with Gasteiger partial charge in [0.05, 0.1) is 19.3 Å². The van der Waals surface area contributed by atoms with Crippen molar-refractivity contribution in [2.24, 2.45) is 5.92 Å². The fourth-order valence-corrected chi connectivity index (χ4v) is 3.88. The quantitative estimate of drug-likeness (QED) is 0.842. The van der Waals surface area contributed by atoms with Gasteiger partial charge in [0.1, 0.15) is 0 Å². The molecule has 1 atom stereocenters.